The molecule has 4 rings (SSSR count). The van der Waals surface area contributed by atoms with Crippen molar-refractivity contribution >= 4 is 11.9 Å². The van der Waals surface area contributed by atoms with Gasteiger partial charge in [-0.15, -0.1) is 0 Å². The highest BCUT2D eigenvalue weighted by Gasteiger charge is 2.53. The van der Waals surface area contributed by atoms with Crippen LogP contribution < -0.4 is 5.32 Å². The van der Waals surface area contributed by atoms with Gasteiger partial charge in [0, 0.05) is 10.5 Å². The first kappa shape index (κ1) is 15.2. The molecule has 7 heteroatoms. The summed E-state index contributed by atoms with van der Waals surface area (Å²) in [6, 6.07) is -1.95. The Bertz CT molecular complexity index is 469. The Balaban J connectivity index is 1.72. The van der Waals surface area contributed by atoms with Crippen molar-refractivity contribution in [2.75, 3.05) is 6.61 Å². The predicted octanol–water partition coefficient (Wildman–Crippen LogP) is 1.28. The van der Waals surface area contributed by atoms with E-state index in [4.69, 9.17) is 0 Å². The van der Waals surface area contributed by atoms with Crippen LogP contribution in [-0.2, 0) is 14.3 Å². The molecule has 4 aliphatic rings. The van der Waals surface area contributed by atoms with Crippen molar-refractivity contribution < 1.29 is 19.2 Å². The van der Waals surface area contributed by atoms with Crippen molar-refractivity contribution in [1.82, 2.24) is 5.32 Å². The average Bonchev–Trinajstić information content (AvgIpc) is 2.35. The minimum absolute atomic E-state index is 0.0216. The van der Waals surface area contributed by atoms with Crippen molar-refractivity contribution in [3.63, 3.8) is 0 Å². The summed E-state index contributed by atoms with van der Waals surface area (Å²) in [5.74, 6) is -0.0465. The molecule has 4 aliphatic carbocycles. The van der Waals surface area contributed by atoms with Crippen molar-refractivity contribution in [1.29, 1.82) is 0 Å². The van der Waals surface area contributed by atoms with Crippen LogP contribution in [0.25, 0.3) is 0 Å². The lowest BCUT2D eigenvalue weighted by atomic mass is 9.53. The van der Waals surface area contributed by atoms with Crippen LogP contribution in [0.3, 0.4) is 0 Å². The van der Waals surface area contributed by atoms with Gasteiger partial charge >= 0.3 is 17.9 Å². The molecule has 0 spiro atoms. The number of nitrogens with zero attached hydrogens (tertiary/aromatic N) is 1. The van der Waals surface area contributed by atoms with Gasteiger partial charge in [-0.1, -0.05) is 0 Å². The lowest BCUT2D eigenvalue weighted by Gasteiger charge is -2.56. The average molecular weight is 310 g/mol. The first-order chi connectivity index (χ1) is 10.4. The number of ether oxygens (including phenoxy) is 1. The molecule has 7 nitrogen and oxygen atoms in total. The zero-order valence-electron chi connectivity index (χ0n) is 12.7. The van der Waals surface area contributed by atoms with E-state index in [1.807, 2.05) is 0 Å². The second kappa shape index (κ2) is 5.52. The zero-order valence-corrected chi connectivity index (χ0v) is 12.7. The first-order valence-corrected chi connectivity index (χ1v) is 8.04. The second-order valence-electron chi connectivity index (χ2n) is 7.13. The van der Waals surface area contributed by atoms with E-state index in [1.54, 1.807) is 6.92 Å². The van der Waals surface area contributed by atoms with Crippen molar-refractivity contribution in [2.45, 2.75) is 57.0 Å². The number of hydrogen-bond donors (Lipinski definition) is 1. The molecule has 4 bridgehead atoms. The Morgan fingerprint density at radius 2 is 1.73 bits per heavy atom. The van der Waals surface area contributed by atoms with Crippen LogP contribution in [0.5, 0.6) is 0 Å². The number of carbonyl (C=O) groups excluding carboxylic acids is 2. The van der Waals surface area contributed by atoms with Gasteiger partial charge in [-0.05, 0) is 63.2 Å². The van der Waals surface area contributed by atoms with Crippen molar-refractivity contribution in [2.24, 2.45) is 17.8 Å². The number of esters is 1. The van der Waals surface area contributed by atoms with Crippen LogP contribution >= 0.6 is 0 Å². The standard InChI is InChI=1S/C15H22N2O5/c1-2-22-14(19)12(17(20)21)13(18)16-15-6-9-3-10(7-15)5-11(4-9)8-15/h9-12H,2-8H2,1H3,(H,16,18)/t9?,10?,11?,12-,15?/m1/s1. The van der Waals surface area contributed by atoms with Crippen LogP contribution in [0.2, 0.25) is 0 Å². The molecule has 1 atom stereocenters. The molecule has 1 amide bonds. The first-order valence-electron chi connectivity index (χ1n) is 8.04. The third kappa shape index (κ3) is 2.68. The zero-order chi connectivity index (χ0) is 15.9. The number of carbonyl (C=O) groups is 2. The largest absolute Gasteiger partial charge is 0.460 e. The molecular formula is C15H22N2O5. The van der Waals surface area contributed by atoms with E-state index in [2.05, 4.69) is 10.1 Å². The molecule has 0 aromatic heterocycles. The molecule has 0 saturated heterocycles. The summed E-state index contributed by atoms with van der Waals surface area (Å²) in [7, 11) is 0. The molecule has 22 heavy (non-hydrogen) atoms. The second-order valence-corrected chi connectivity index (χ2v) is 7.13. The fraction of sp³-hybridized carbons (Fsp3) is 0.867. The van der Waals surface area contributed by atoms with E-state index in [0.717, 1.165) is 19.3 Å². The number of nitro groups is 1. The summed E-state index contributed by atoms with van der Waals surface area (Å²) >= 11 is 0. The van der Waals surface area contributed by atoms with Gasteiger partial charge in [0.25, 0.3) is 0 Å². The Morgan fingerprint density at radius 1 is 1.23 bits per heavy atom. The van der Waals surface area contributed by atoms with Crippen LogP contribution in [-0.4, -0.2) is 35.0 Å². The van der Waals surface area contributed by atoms with Gasteiger partial charge < -0.3 is 10.1 Å². The maximum absolute atomic E-state index is 12.3. The Labute approximate surface area is 128 Å². The fourth-order valence-corrected chi connectivity index (χ4v) is 5.10. The Kier molecular flexibility index (Phi) is 3.82. The molecule has 0 heterocycles. The summed E-state index contributed by atoms with van der Waals surface area (Å²) in [6.07, 6.45) is 6.30. The quantitative estimate of drug-likeness (QED) is 0.357. The highest BCUT2D eigenvalue weighted by atomic mass is 16.6. The normalized spacial score (nSPS) is 36.7. The van der Waals surface area contributed by atoms with E-state index in [9.17, 15) is 19.7 Å². The maximum Gasteiger partial charge on any atom is 0.392 e. The lowest BCUT2D eigenvalue weighted by molar-refractivity contribution is -0.497. The third-order valence-corrected chi connectivity index (χ3v) is 5.40. The fourth-order valence-electron chi connectivity index (χ4n) is 5.10. The van der Waals surface area contributed by atoms with Gasteiger partial charge in [-0.3, -0.25) is 14.9 Å². The molecule has 0 aromatic rings. The number of amides is 1. The van der Waals surface area contributed by atoms with Gasteiger partial charge in [0.05, 0.1) is 6.61 Å². The smallest absolute Gasteiger partial charge is 0.392 e. The molecule has 0 aromatic carbocycles. The molecule has 1 N–H and O–H groups in total. The van der Waals surface area contributed by atoms with Crippen LogP contribution in [0, 0.1) is 27.9 Å². The molecule has 4 fully saturated rings. The van der Waals surface area contributed by atoms with Crippen molar-refractivity contribution in [3.05, 3.63) is 10.1 Å². The molecule has 122 valence electrons. The van der Waals surface area contributed by atoms with E-state index in [0.29, 0.717) is 17.8 Å². The topological polar surface area (TPSA) is 98.5 Å². The molecule has 0 unspecified atom stereocenters. The highest BCUT2D eigenvalue weighted by molar-refractivity contribution is 6.00. The molecule has 0 aliphatic heterocycles. The third-order valence-electron chi connectivity index (χ3n) is 5.40. The minimum atomic E-state index is -1.95. The lowest BCUT2D eigenvalue weighted by Crippen LogP contribution is -2.62. The number of rotatable bonds is 5. The molecule has 4 saturated carbocycles. The van der Waals surface area contributed by atoms with Gasteiger partial charge in [-0.2, -0.15) is 0 Å². The van der Waals surface area contributed by atoms with Crippen LogP contribution in [0.1, 0.15) is 45.4 Å². The van der Waals surface area contributed by atoms with E-state index >= 15 is 0 Å². The summed E-state index contributed by atoms with van der Waals surface area (Å²) in [4.78, 5) is 34.3. The number of nitrogens with one attached hydrogen (secondary N) is 1. The Hall–Kier alpha value is -1.66. The summed E-state index contributed by atoms with van der Waals surface area (Å²) in [6.45, 7) is 1.58. The number of hydrogen-bond acceptors (Lipinski definition) is 5. The summed E-state index contributed by atoms with van der Waals surface area (Å²) in [5, 5.41) is 14.0. The minimum Gasteiger partial charge on any atom is -0.460 e. The van der Waals surface area contributed by atoms with Gasteiger partial charge in [0.1, 0.15) is 0 Å². The molecule has 0 radical (unpaired) electrons. The highest BCUT2D eigenvalue weighted by Crippen LogP contribution is 2.55. The van der Waals surface area contributed by atoms with Crippen LogP contribution in [0.4, 0.5) is 0 Å². The predicted molar refractivity (Wildman–Crippen MR) is 76.5 cm³/mol. The van der Waals surface area contributed by atoms with Crippen molar-refractivity contribution in [3.8, 4) is 0 Å². The van der Waals surface area contributed by atoms with Gasteiger partial charge in [-0.25, -0.2) is 4.79 Å². The van der Waals surface area contributed by atoms with Gasteiger partial charge in [0.15, 0.2) is 0 Å². The summed E-state index contributed by atoms with van der Waals surface area (Å²) in [5.41, 5.74) is -0.341. The van der Waals surface area contributed by atoms with Gasteiger partial charge in [0.2, 0.25) is 0 Å². The SMILES string of the molecule is CCOC(=O)[C@@H](C(=O)NC12CC3CC(CC(C3)C1)C2)[N+](=O)[O-]. The monoisotopic (exact) mass is 310 g/mol. The Morgan fingerprint density at radius 3 is 2.14 bits per heavy atom. The van der Waals surface area contributed by atoms with E-state index in [1.165, 1.54) is 19.3 Å². The van der Waals surface area contributed by atoms with E-state index in [-0.39, 0.29) is 12.1 Å². The summed E-state index contributed by atoms with van der Waals surface area (Å²) < 4.78 is 4.67. The van der Waals surface area contributed by atoms with Crippen LogP contribution in [0.15, 0.2) is 0 Å². The maximum atomic E-state index is 12.3. The van der Waals surface area contributed by atoms with E-state index < -0.39 is 22.8 Å². The molecular weight excluding hydrogens is 288 g/mol.